The first-order valence-corrected chi connectivity index (χ1v) is 7.05. The highest BCUT2D eigenvalue weighted by atomic mass is 16.6. The summed E-state index contributed by atoms with van der Waals surface area (Å²) in [5, 5.41) is 10.7. The maximum Gasteiger partial charge on any atom is 0.338 e. The summed E-state index contributed by atoms with van der Waals surface area (Å²) >= 11 is 0. The summed E-state index contributed by atoms with van der Waals surface area (Å²) < 4.78 is 10.6. The minimum absolute atomic E-state index is 0.0963. The van der Waals surface area contributed by atoms with Crippen molar-refractivity contribution in [2.24, 2.45) is 0 Å². The number of aromatic nitrogens is 1. The summed E-state index contributed by atoms with van der Waals surface area (Å²) in [7, 11) is 0. The van der Waals surface area contributed by atoms with Gasteiger partial charge in [-0.15, -0.1) is 0 Å². The van der Waals surface area contributed by atoms with E-state index in [1.54, 1.807) is 6.20 Å². The van der Waals surface area contributed by atoms with Crippen LogP contribution in [-0.2, 0) is 11.3 Å². The minimum atomic E-state index is -0.682. The Morgan fingerprint density at radius 3 is 2.71 bits per heavy atom. The second kappa shape index (κ2) is 6.74. The first-order valence-electron chi connectivity index (χ1n) is 7.05. The maximum atomic E-state index is 12.0. The number of esters is 1. The van der Waals surface area contributed by atoms with Gasteiger partial charge in [0.05, 0.1) is 16.7 Å². The summed E-state index contributed by atoms with van der Waals surface area (Å²) in [6.07, 6.45) is 1.55. The zero-order valence-corrected chi connectivity index (χ0v) is 12.4. The molecular formula is C17H12N2O5. The van der Waals surface area contributed by atoms with Gasteiger partial charge in [-0.05, 0) is 6.07 Å². The average Bonchev–Trinajstić information content (AvgIpc) is 3.09. The van der Waals surface area contributed by atoms with E-state index in [9.17, 15) is 14.9 Å². The summed E-state index contributed by atoms with van der Waals surface area (Å²) in [5.41, 5.74) is 0.784. The molecule has 0 saturated carbocycles. The van der Waals surface area contributed by atoms with E-state index < -0.39 is 10.9 Å². The molecule has 0 bridgehead atoms. The number of hydrogen-bond donors (Lipinski definition) is 0. The van der Waals surface area contributed by atoms with Crippen molar-refractivity contribution in [3.8, 4) is 11.3 Å². The summed E-state index contributed by atoms with van der Waals surface area (Å²) in [5.74, 6) is 0.128. The monoisotopic (exact) mass is 324 g/mol. The molecule has 0 aliphatic rings. The molecule has 0 atom stereocenters. The molecule has 0 radical (unpaired) electrons. The number of nitro benzene ring substituents is 1. The van der Waals surface area contributed by atoms with Gasteiger partial charge in [-0.2, -0.15) is 0 Å². The van der Waals surface area contributed by atoms with Crippen molar-refractivity contribution in [1.82, 2.24) is 4.98 Å². The van der Waals surface area contributed by atoms with E-state index in [0.717, 1.165) is 11.6 Å². The van der Waals surface area contributed by atoms with Crippen LogP contribution in [0.3, 0.4) is 0 Å². The zero-order valence-electron chi connectivity index (χ0n) is 12.4. The molecule has 1 heterocycles. The van der Waals surface area contributed by atoms with Gasteiger partial charge in [0.2, 0.25) is 5.89 Å². The van der Waals surface area contributed by atoms with Crippen molar-refractivity contribution in [1.29, 1.82) is 0 Å². The standard InChI is InChI=1S/C17H12N2O5/c20-17(13-7-4-8-14(9-13)19(21)22)23-11-16-18-10-15(24-16)12-5-2-1-3-6-12/h1-10H,11H2. The van der Waals surface area contributed by atoms with E-state index in [4.69, 9.17) is 9.15 Å². The molecule has 0 aliphatic carbocycles. The van der Waals surface area contributed by atoms with Crippen molar-refractivity contribution >= 4 is 11.7 Å². The molecule has 7 heteroatoms. The fourth-order valence-electron chi connectivity index (χ4n) is 2.07. The Bertz CT molecular complexity index is 873. The van der Waals surface area contributed by atoms with Crippen LogP contribution in [0.4, 0.5) is 5.69 Å². The van der Waals surface area contributed by atoms with Crippen molar-refractivity contribution < 1.29 is 18.9 Å². The summed E-state index contributed by atoms with van der Waals surface area (Å²) in [6, 6.07) is 14.7. The predicted octanol–water partition coefficient (Wildman–Crippen LogP) is 3.61. The summed E-state index contributed by atoms with van der Waals surface area (Å²) in [6.45, 7) is -0.158. The fraction of sp³-hybridized carbons (Fsp3) is 0.0588. The van der Waals surface area contributed by atoms with Gasteiger partial charge in [-0.1, -0.05) is 36.4 Å². The fourth-order valence-corrected chi connectivity index (χ4v) is 2.07. The molecule has 0 amide bonds. The SMILES string of the molecule is O=C(OCc1ncc(-c2ccccc2)o1)c1cccc([N+](=O)[O-])c1. The van der Waals surface area contributed by atoms with Crippen molar-refractivity contribution in [3.05, 3.63) is 82.4 Å². The van der Waals surface area contributed by atoms with E-state index in [1.807, 2.05) is 30.3 Å². The van der Waals surface area contributed by atoms with Gasteiger partial charge >= 0.3 is 5.97 Å². The van der Waals surface area contributed by atoms with Crippen LogP contribution in [0.25, 0.3) is 11.3 Å². The topological polar surface area (TPSA) is 95.5 Å². The first-order chi connectivity index (χ1) is 11.6. The number of non-ortho nitro benzene ring substituents is 1. The largest absolute Gasteiger partial charge is 0.452 e. The number of nitrogens with zero attached hydrogens (tertiary/aromatic N) is 2. The highest BCUT2D eigenvalue weighted by Gasteiger charge is 2.14. The van der Waals surface area contributed by atoms with Gasteiger partial charge < -0.3 is 9.15 Å². The zero-order chi connectivity index (χ0) is 16.9. The van der Waals surface area contributed by atoms with E-state index in [-0.39, 0.29) is 23.7 Å². The lowest BCUT2D eigenvalue weighted by molar-refractivity contribution is -0.384. The molecule has 3 aromatic rings. The molecule has 0 aliphatic heterocycles. The van der Waals surface area contributed by atoms with Crippen LogP contribution in [0, 0.1) is 10.1 Å². The highest BCUT2D eigenvalue weighted by molar-refractivity contribution is 5.90. The minimum Gasteiger partial charge on any atom is -0.452 e. The first kappa shape index (κ1) is 15.4. The van der Waals surface area contributed by atoms with Crippen LogP contribution in [0.2, 0.25) is 0 Å². The molecule has 3 rings (SSSR count). The van der Waals surface area contributed by atoms with Crippen LogP contribution in [0.5, 0.6) is 0 Å². The van der Waals surface area contributed by atoms with Gasteiger partial charge in [-0.25, -0.2) is 9.78 Å². The molecule has 0 spiro atoms. The number of hydrogen-bond acceptors (Lipinski definition) is 6. The van der Waals surface area contributed by atoms with Crippen molar-refractivity contribution in [2.45, 2.75) is 6.61 Å². The Kier molecular flexibility index (Phi) is 4.33. The lowest BCUT2D eigenvalue weighted by atomic mass is 10.2. The van der Waals surface area contributed by atoms with E-state index in [2.05, 4.69) is 4.98 Å². The second-order valence-corrected chi connectivity index (χ2v) is 4.87. The number of nitro groups is 1. The van der Waals surface area contributed by atoms with E-state index in [0.29, 0.717) is 5.76 Å². The van der Waals surface area contributed by atoms with Gasteiger partial charge in [0.25, 0.3) is 5.69 Å². The number of carbonyl (C=O) groups is 1. The van der Waals surface area contributed by atoms with Gasteiger partial charge in [-0.3, -0.25) is 10.1 Å². The van der Waals surface area contributed by atoms with Crippen LogP contribution in [0.1, 0.15) is 16.2 Å². The molecule has 0 fully saturated rings. The quantitative estimate of drug-likeness (QED) is 0.404. The third kappa shape index (κ3) is 3.46. The molecule has 0 N–H and O–H groups in total. The van der Waals surface area contributed by atoms with Crippen LogP contribution in [0.15, 0.2) is 65.2 Å². The Morgan fingerprint density at radius 2 is 1.96 bits per heavy atom. The number of rotatable bonds is 5. The van der Waals surface area contributed by atoms with Crippen molar-refractivity contribution in [2.75, 3.05) is 0 Å². The Morgan fingerprint density at radius 1 is 1.17 bits per heavy atom. The number of benzene rings is 2. The smallest absolute Gasteiger partial charge is 0.338 e. The Hall–Kier alpha value is -3.48. The Balaban J connectivity index is 1.66. The number of carbonyl (C=O) groups excluding carboxylic acids is 1. The van der Waals surface area contributed by atoms with Gasteiger partial charge in [0.1, 0.15) is 0 Å². The molecule has 120 valence electrons. The maximum absolute atomic E-state index is 12.0. The van der Waals surface area contributed by atoms with Crippen LogP contribution >= 0.6 is 0 Å². The van der Waals surface area contributed by atoms with Crippen molar-refractivity contribution in [3.63, 3.8) is 0 Å². The van der Waals surface area contributed by atoms with Gasteiger partial charge in [0, 0.05) is 17.7 Å². The third-order valence-corrected chi connectivity index (χ3v) is 3.23. The predicted molar refractivity (Wildman–Crippen MR) is 84.2 cm³/mol. The lowest BCUT2D eigenvalue weighted by Gasteiger charge is -2.02. The lowest BCUT2D eigenvalue weighted by Crippen LogP contribution is -2.05. The molecule has 24 heavy (non-hydrogen) atoms. The second-order valence-electron chi connectivity index (χ2n) is 4.87. The van der Waals surface area contributed by atoms with E-state index in [1.165, 1.54) is 18.2 Å². The van der Waals surface area contributed by atoms with Crippen LogP contribution in [-0.4, -0.2) is 15.9 Å². The highest BCUT2D eigenvalue weighted by Crippen LogP contribution is 2.20. The molecule has 2 aromatic carbocycles. The molecule has 0 unspecified atom stereocenters. The van der Waals surface area contributed by atoms with Crippen LogP contribution < -0.4 is 0 Å². The summed E-state index contributed by atoms with van der Waals surface area (Å²) in [4.78, 5) is 26.2. The normalized spacial score (nSPS) is 10.3. The molecular weight excluding hydrogens is 312 g/mol. The molecule has 0 saturated heterocycles. The molecule has 1 aromatic heterocycles. The Labute approximate surface area is 136 Å². The van der Waals surface area contributed by atoms with Gasteiger partial charge in [0.15, 0.2) is 12.4 Å². The third-order valence-electron chi connectivity index (χ3n) is 3.23. The molecule has 7 nitrogen and oxygen atoms in total. The van der Waals surface area contributed by atoms with E-state index >= 15 is 0 Å². The number of ether oxygens (including phenoxy) is 1. The average molecular weight is 324 g/mol. The number of oxazole rings is 1.